The van der Waals surface area contributed by atoms with E-state index < -0.39 is 11.6 Å². The number of hydrogen-bond acceptors (Lipinski definition) is 3. The highest BCUT2D eigenvalue weighted by molar-refractivity contribution is 6.48. The fourth-order valence-corrected chi connectivity index (χ4v) is 1.47. The topological polar surface area (TPSA) is 39.2 Å². The summed E-state index contributed by atoms with van der Waals surface area (Å²) in [5, 5.41) is 0.293. The van der Waals surface area contributed by atoms with Gasteiger partial charge in [0.15, 0.2) is 5.69 Å². The fourth-order valence-electron chi connectivity index (χ4n) is 0.912. The van der Waals surface area contributed by atoms with Crippen molar-refractivity contribution < 1.29 is 9.53 Å². The van der Waals surface area contributed by atoms with E-state index in [-0.39, 0.29) is 20.8 Å². The van der Waals surface area contributed by atoms with Crippen molar-refractivity contribution in [3.63, 3.8) is 0 Å². The number of hydrogen-bond donors (Lipinski definition) is 0. The van der Waals surface area contributed by atoms with Gasteiger partial charge in [0.25, 0.3) is 0 Å². The highest BCUT2D eigenvalue weighted by Crippen LogP contribution is 2.31. The van der Waals surface area contributed by atoms with Crippen LogP contribution in [0.25, 0.3) is 0 Å². The molecule has 0 fully saturated rings. The molecule has 1 rings (SSSR count). The van der Waals surface area contributed by atoms with Crippen molar-refractivity contribution in [3.8, 4) is 0 Å². The molecular formula is C10H10Cl3NO2. The van der Waals surface area contributed by atoms with Crippen molar-refractivity contribution in [2.45, 2.75) is 26.4 Å². The second-order valence-electron chi connectivity index (χ2n) is 4.08. The van der Waals surface area contributed by atoms with Crippen LogP contribution in [0.4, 0.5) is 0 Å². The number of rotatable bonds is 1. The highest BCUT2D eigenvalue weighted by Gasteiger charge is 2.23. The standard InChI is InChI=1S/C10H10Cl3NO2/c1-10(2,3)16-9(15)8-7(13)6(12)5(11)4-14-8/h4H,1-3H3. The number of pyridine rings is 1. The van der Waals surface area contributed by atoms with Crippen LogP contribution < -0.4 is 0 Å². The molecule has 3 nitrogen and oxygen atoms in total. The lowest BCUT2D eigenvalue weighted by Gasteiger charge is -2.19. The van der Waals surface area contributed by atoms with Crippen LogP contribution in [0.1, 0.15) is 31.3 Å². The molecule has 1 aromatic rings. The third-order valence-corrected chi connectivity index (χ3v) is 2.75. The molecule has 0 atom stereocenters. The van der Waals surface area contributed by atoms with Gasteiger partial charge in [0.2, 0.25) is 0 Å². The van der Waals surface area contributed by atoms with Gasteiger partial charge in [0, 0.05) is 6.20 Å². The lowest BCUT2D eigenvalue weighted by Crippen LogP contribution is -2.24. The average Bonchev–Trinajstić information content (AvgIpc) is 2.11. The summed E-state index contributed by atoms with van der Waals surface area (Å²) >= 11 is 17.3. The van der Waals surface area contributed by atoms with Crippen LogP contribution in [-0.2, 0) is 4.74 Å². The van der Waals surface area contributed by atoms with Crippen LogP contribution in [-0.4, -0.2) is 16.6 Å². The molecule has 16 heavy (non-hydrogen) atoms. The Kier molecular flexibility index (Phi) is 4.05. The quantitative estimate of drug-likeness (QED) is 0.731. The van der Waals surface area contributed by atoms with Crippen LogP contribution >= 0.6 is 34.8 Å². The maximum Gasteiger partial charge on any atom is 0.359 e. The van der Waals surface area contributed by atoms with E-state index in [1.54, 1.807) is 20.8 Å². The van der Waals surface area contributed by atoms with Gasteiger partial charge in [0.05, 0.1) is 15.1 Å². The number of ether oxygens (including phenoxy) is 1. The molecule has 0 aliphatic heterocycles. The molecule has 0 saturated heterocycles. The summed E-state index contributed by atoms with van der Waals surface area (Å²) in [4.78, 5) is 15.5. The van der Waals surface area contributed by atoms with Gasteiger partial charge in [-0.15, -0.1) is 0 Å². The van der Waals surface area contributed by atoms with Crippen LogP contribution in [0.3, 0.4) is 0 Å². The predicted octanol–water partition coefficient (Wildman–Crippen LogP) is 4.00. The van der Waals surface area contributed by atoms with Crippen molar-refractivity contribution in [1.82, 2.24) is 4.98 Å². The highest BCUT2D eigenvalue weighted by atomic mass is 35.5. The minimum atomic E-state index is -0.629. The smallest absolute Gasteiger partial charge is 0.359 e. The lowest BCUT2D eigenvalue weighted by atomic mass is 10.2. The summed E-state index contributed by atoms with van der Waals surface area (Å²) in [6, 6.07) is 0. The largest absolute Gasteiger partial charge is 0.455 e. The molecule has 0 saturated carbocycles. The Morgan fingerprint density at radius 1 is 1.25 bits per heavy atom. The van der Waals surface area contributed by atoms with Gasteiger partial charge in [-0.3, -0.25) is 0 Å². The summed E-state index contributed by atoms with van der Waals surface area (Å²) in [5.74, 6) is -0.629. The predicted molar refractivity (Wildman–Crippen MR) is 64.4 cm³/mol. The van der Waals surface area contributed by atoms with E-state index in [0.29, 0.717) is 0 Å². The van der Waals surface area contributed by atoms with E-state index in [0.717, 1.165) is 0 Å². The molecule has 88 valence electrons. The Balaban J connectivity index is 3.06. The van der Waals surface area contributed by atoms with E-state index in [1.807, 2.05) is 0 Å². The molecule has 0 aromatic carbocycles. The van der Waals surface area contributed by atoms with Crippen LogP contribution in [0.2, 0.25) is 15.1 Å². The van der Waals surface area contributed by atoms with Crippen LogP contribution in [0, 0.1) is 0 Å². The number of aromatic nitrogens is 1. The number of nitrogens with zero attached hydrogens (tertiary/aromatic N) is 1. The maximum atomic E-state index is 11.7. The normalized spacial score (nSPS) is 11.4. The summed E-state index contributed by atoms with van der Waals surface area (Å²) in [6.07, 6.45) is 1.26. The third-order valence-electron chi connectivity index (χ3n) is 1.51. The van der Waals surface area contributed by atoms with E-state index in [2.05, 4.69) is 4.98 Å². The molecule has 0 amide bonds. The Morgan fingerprint density at radius 2 is 1.81 bits per heavy atom. The van der Waals surface area contributed by atoms with E-state index in [4.69, 9.17) is 39.5 Å². The first kappa shape index (κ1) is 13.6. The molecule has 0 unspecified atom stereocenters. The Labute approximate surface area is 109 Å². The Bertz CT molecular complexity index is 427. The minimum Gasteiger partial charge on any atom is -0.455 e. The zero-order valence-electron chi connectivity index (χ0n) is 8.97. The maximum absolute atomic E-state index is 11.7. The van der Waals surface area contributed by atoms with Crippen molar-refractivity contribution in [2.75, 3.05) is 0 Å². The first-order chi connectivity index (χ1) is 7.22. The van der Waals surface area contributed by atoms with Gasteiger partial charge >= 0.3 is 5.97 Å². The molecule has 0 N–H and O–H groups in total. The Morgan fingerprint density at radius 3 is 2.31 bits per heavy atom. The molecule has 1 heterocycles. The number of carbonyl (C=O) groups is 1. The van der Waals surface area contributed by atoms with Crippen LogP contribution in [0.15, 0.2) is 6.20 Å². The second kappa shape index (κ2) is 4.78. The van der Waals surface area contributed by atoms with Crippen molar-refractivity contribution in [2.24, 2.45) is 0 Å². The molecule has 0 aliphatic carbocycles. The molecule has 0 radical (unpaired) electrons. The summed E-state index contributed by atoms with van der Waals surface area (Å²) in [7, 11) is 0. The molecule has 0 spiro atoms. The Hall–Kier alpha value is -0.510. The monoisotopic (exact) mass is 281 g/mol. The molecule has 0 aliphatic rings. The molecule has 6 heteroatoms. The number of carbonyl (C=O) groups excluding carboxylic acids is 1. The first-order valence-corrected chi connectivity index (χ1v) is 5.58. The third kappa shape index (κ3) is 3.24. The van der Waals surface area contributed by atoms with Crippen molar-refractivity contribution in [3.05, 3.63) is 27.0 Å². The molecule has 1 aromatic heterocycles. The van der Waals surface area contributed by atoms with Crippen molar-refractivity contribution in [1.29, 1.82) is 0 Å². The van der Waals surface area contributed by atoms with Gasteiger partial charge in [-0.05, 0) is 20.8 Å². The van der Waals surface area contributed by atoms with Gasteiger partial charge < -0.3 is 4.74 Å². The van der Waals surface area contributed by atoms with Gasteiger partial charge in [-0.2, -0.15) is 0 Å². The number of halogens is 3. The second-order valence-corrected chi connectivity index (χ2v) is 5.25. The first-order valence-electron chi connectivity index (χ1n) is 4.45. The zero-order chi connectivity index (χ0) is 12.5. The fraction of sp³-hybridized carbons (Fsp3) is 0.400. The average molecular weight is 283 g/mol. The number of esters is 1. The summed E-state index contributed by atoms with van der Waals surface area (Å²) in [6.45, 7) is 5.24. The zero-order valence-corrected chi connectivity index (χ0v) is 11.2. The SMILES string of the molecule is CC(C)(C)OC(=O)c1ncc(Cl)c(Cl)c1Cl. The minimum absolute atomic E-state index is 0.00316. The van der Waals surface area contributed by atoms with Gasteiger partial charge in [-0.1, -0.05) is 34.8 Å². The van der Waals surface area contributed by atoms with E-state index in [9.17, 15) is 4.79 Å². The summed E-state index contributed by atoms with van der Waals surface area (Å²) in [5.41, 5.74) is -0.653. The molecule has 0 bridgehead atoms. The van der Waals surface area contributed by atoms with E-state index in [1.165, 1.54) is 6.20 Å². The van der Waals surface area contributed by atoms with Gasteiger partial charge in [0.1, 0.15) is 5.60 Å². The van der Waals surface area contributed by atoms with Gasteiger partial charge in [-0.25, -0.2) is 9.78 Å². The van der Waals surface area contributed by atoms with E-state index >= 15 is 0 Å². The van der Waals surface area contributed by atoms with Crippen molar-refractivity contribution >= 4 is 40.8 Å². The summed E-state index contributed by atoms with van der Waals surface area (Å²) < 4.78 is 5.11. The van der Waals surface area contributed by atoms with Crippen LogP contribution in [0.5, 0.6) is 0 Å². The lowest BCUT2D eigenvalue weighted by molar-refractivity contribution is 0.00631. The molecular weight excluding hydrogens is 272 g/mol.